The molecule has 0 saturated carbocycles. The van der Waals surface area contributed by atoms with Crippen molar-refractivity contribution in [1.29, 1.82) is 0 Å². The fourth-order valence-electron chi connectivity index (χ4n) is 2.85. The summed E-state index contributed by atoms with van der Waals surface area (Å²) in [6.45, 7) is 6.04. The van der Waals surface area contributed by atoms with Crippen molar-refractivity contribution < 1.29 is 9.59 Å². The molecule has 0 aliphatic heterocycles. The van der Waals surface area contributed by atoms with Gasteiger partial charge in [0.25, 0.3) is 5.91 Å². The van der Waals surface area contributed by atoms with E-state index in [-0.39, 0.29) is 17.4 Å². The third kappa shape index (κ3) is 6.86. The van der Waals surface area contributed by atoms with Crippen molar-refractivity contribution in [3.63, 3.8) is 0 Å². The van der Waals surface area contributed by atoms with E-state index in [2.05, 4.69) is 34.7 Å². The number of nitrogen functional groups attached to an aromatic ring is 1. The first-order chi connectivity index (χ1) is 13.2. The van der Waals surface area contributed by atoms with E-state index in [1.165, 1.54) is 11.3 Å². The van der Waals surface area contributed by atoms with Gasteiger partial charge < -0.3 is 26.6 Å². The van der Waals surface area contributed by atoms with E-state index in [1.807, 2.05) is 32.3 Å². The molecule has 0 aliphatic carbocycles. The van der Waals surface area contributed by atoms with E-state index in [4.69, 9.17) is 5.73 Å². The number of rotatable bonds is 8. The third-order valence-electron chi connectivity index (χ3n) is 3.99. The lowest BCUT2D eigenvalue weighted by atomic mass is 9.93. The van der Waals surface area contributed by atoms with Crippen molar-refractivity contribution in [1.82, 2.24) is 15.5 Å². The molecule has 5 N–H and O–H groups in total. The Kier molecular flexibility index (Phi) is 7.42. The fourth-order valence-corrected chi connectivity index (χ4v) is 3.69. The highest BCUT2D eigenvalue weighted by molar-refractivity contribution is 7.14. The highest BCUT2D eigenvalue weighted by Crippen LogP contribution is 2.21. The molecule has 0 spiro atoms. The molecule has 0 unspecified atom stereocenters. The normalized spacial score (nSPS) is 11.3. The van der Waals surface area contributed by atoms with Crippen molar-refractivity contribution >= 4 is 34.6 Å². The Morgan fingerprint density at radius 2 is 1.82 bits per heavy atom. The van der Waals surface area contributed by atoms with Gasteiger partial charge in [-0.25, -0.2) is 4.79 Å². The van der Waals surface area contributed by atoms with Crippen LogP contribution in [-0.2, 0) is 6.54 Å². The predicted octanol–water partition coefficient (Wildman–Crippen LogP) is 2.97. The molecule has 152 valence electrons. The van der Waals surface area contributed by atoms with Gasteiger partial charge in [-0.3, -0.25) is 4.79 Å². The number of nitrogens with two attached hydrogens (primary N) is 1. The van der Waals surface area contributed by atoms with E-state index in [9.17, 15) is 9.59 Å². The number of amides is 3. The van der Waals surface area contributed by atoms with Crippen LogP contribution in [0.25, 0.3) is 0 Å². The lowest BCUT2D eigenvalue weighted by Crippen LogP contribution is -2.43. The van der Waals surface area contributed by atoms with Crippen LogP contribution >= 0.6 is 11.3 Å². The van der Waals surface area contributed by atoms with Crippen LogP contribution in [0.3, 0.4) is 0 Å². The molecule has 1 aromatic carbocycles. The largest absolute Gasteiger partial charge is 0.397 e. The van der Waals surface area contributed by atoms with Crippen LogP contribution in [0.15, 0.2) is 36.4 Å². The number of nitrogens with zero attached hydrogens (tertiary/aromatic N) is 1. The van der Waals surface area contributed by atoms with E-state index in [1.54, 1.807) is 18.2 Å². The maximum atomic E-state index is 12.4. The molecule has 0 fully saturated rings. The fraction of sp³-hybridized carbons (Fsp3) is 0.400. The summed E-state index contributed by atoms with van der Waals surface area (Å²) in [5.41, 5.74) is 6.93. The van der Waals surface area contributed by atoms with Gasteiger partial charge in [0.05, 0.1) is 22.8 Å². The van der Waals surface area contributed by atoms with Gasteiger partial charge in [-0.2, -0.15) is 0 Å². The van der Waals surface area contributed by atoms with Crippen LogP contribution in [0.5, 0.6) is 0 Å². The molecule has 0 atom stereocenters. The highest BCUT2D eigenvalue weighted by atomic mass is 32.1. The Labute approximate surface area is 170 Å². The van der Waals surface area contributed by atoms with Crippen molar-refractivity contribution in [3.05, 3.63) is 46.2 Å². The maximum Gasteiger partial charge on any atom is 0.315 e. The van der Waals surface area contributed by atoms with Gasteiger partial charge in [-0.15, -0.1) is 11.3 Å². The topological polar surface area (TPSA) is 99.5 Å². The molecule has 1 aromatic heterocycles. The number of para-hydroxylation sites is 2. The highest BCUT2D eigenvalue weighted by Gasteiger charge is 2.19. The van der Waals surface area contributed by atoms with Crippen LogP contribution in [0, 0.1) is 5.41 Å². The van der Waals surface area contributed by atoms with Crippen LogP contribution < -0.4 is 21.7 Å². The van der Waals surface area contributed by atoms with Crippen LogP contribution in [0.2, 0.25) is 0 Å². The molecule has 3 amide bonds. The lowest BCUT2D eigenvalue weighted by Gasteiger charge is -2.28. The summed E-state index contributed by atoms with van der Waals surface area (Å²) in [6, 6.07) is 10.5. The summed E-state index contributed by atoms with van der Waals surface area (Å²) < 4.78 is 0. The standard InChI is InChI=1S/C20H29N5O2S/c1-20(2,13-25(3)4)12-23-19(27)22-11-14-9-10-17(28-14)18(26)24-16-8-6-5-7-15(16)21/h5-10H,11-13,21H2,1-4H3,(H,24,26)(H2,22,23,27). The molecular formula is C20H29N5O2S. The zero-order chi connectivity index (χ0) is 20.7. The quantitative estimate of drug-likeness (QED) is 0.509. The molecule has 2 aromatic rings. The summed E-state index contributed by atoms with van der Waals surface area (Å²) in [5, 5.41) is 8.53. The average Bonchev–Trinajstić information content (AvgIpc) is 3.08. The lowest BCUT2D eigenvalue weighted by molar-refractivity contribution is 0.103. The van der Waals surface area contributed by atoms with Crippen LogP contribution in [-0.4, -0.2) is 44.0 Å². The zero-order valence-corrected chi connectivity index (χ0v) is 17.7. The van der Waals surface area contributed by atoms with Gasteiger partial charge >= 0.3 is 6.03 Å². The first kappa shape index (κ1) is 21.7. The number of benzene rings is 1. The van der Waals surface area contributed by atoms with E-state index in [0.717, 1.165) is 11.4 Å². The Balaban J connectivity index is 1.82. The van der Waals surface area contributed by atoms with E-state index < -0.39 is 0 Å². The number of hydrogen-bond donors (Lipinski definition) is 4. The van der Waals surface area contributed by atoms with Crippen molar-refractivity contribution in [2.75, 3.05) is 38.2 Å². The average molecular weight is 404 g/mol. The van der Waals surface area contributed by atoms with Crippen LogP contribution in [0.4, 0.5) is 16.2 Å². The van der Waals surface area contributed by atoms with Gasteiger partial charge in [0.1, 0.15) is 0 Å². The molecule has 0 bridgehead atoms. The number of nitrogens with one attached hydrogen (secondary N) is 3. The predicted molar refractivity (Wildman–Crippen MR) is 116 cm³/mol. The Morgan fingerprint density at radius 1 is 1.11 bits per heavy atom. The van der Waals surface area contributed by atoms with Gasteiger partial charge in [-0.05, 0) is 43.8 Å². The second-order valence-corrected chi connectivity index (χ2v) is 8.91. The minimum absolute atomic E-state index is 0.0195. The zero-order valence-electron chi connectivity index (χ0n) is 16.8. The monoisotopic (exact) mass is 403 g/mol. The van der Waals surface area contributed by atoms with Crippen LogP contribution in [0.1, 0.15) is 28.4 Å². The number of carbonyl (C=O) groups is 2. The third-order valence-corrected chi connectivity index (χ3v) is 5.07. The summed E-state index contributed by atoms with van der Waals surface area (Å²) in [5.74, 6) is -0.218. The van der Waals surface area contributed by atoms with E-state index in [0.29, 0.717) is 29.3 Å². The number of hydrogen-bond acceptors (Lipinski definition) is 5. The molecule has 8 heteroatoms. The minimum atomic E-state index is -0.219. The smallest absolute Gasteiger partial charge is 0.315 e. The number of anilines is 2. The minimum Gasteiger partial charge on any atom is -0.397 e. The summed E-state index contributed by atoms with van der Waals surface area (Å²) in [7, 11) is 4.02. The molecule has 2 rings (SSSR count). The second kappa shape index (κ2) is 9.57. The number of urea groups is 1. The molecular weight excluding hydrogens is 374 g/mol. The van der Waals surface area contributed by atoms with Gasteiger partial charge in [0, 0.05) is 18.0 Å². The Bertz CT molecular complexity index is 816. The SMILES string of the molecule is CN(C)CC(C)(C)CNC(=O)NCc1ccc(C(=O)Nc2ccccc2N)s1. The first-order valence-electron chi connectivity index (χ1n) is 9.07. The van der Waals surface area contributed by atoms with Gasteiger partial charge in [0.2, 0.25) is 0 Å². The number of carbonyl (C=O) groups excluding carboxylic acids is 2. The Morgan fingerprint density at radius 3 is 2.50 bits per heavy atom. The van der Waals surface area contributed by atoms with Gasteiger partial charge in [0.15, 0.2) is 0 Å². The van der Waals surface area contributed by atoms with Gasteiger partial charge in [-0.1, -0.05) is 26.0 Å². The maximum absolute atomic E-state index is 12.4. The summed E-state index contributed by atoms with van der Waals surface area (Å²) in [6.07, 6.45) is 0. The Hall–Kier alpha value is -2.58. The summed E-state index contributed by atoms with van der Waals surface area (Å²) in [4.78, 5) is 28.0. The van der Waals surface area contributed by atoms with Crippen molar-refractivity contribution in [2.45, 2.75) is 20.4 Å². The molecule has 0 saturated heterocycles. The number of thiophene rings is 1. The molecule has 0 aliphatic rings. The molecule has 28 heavy (non-hydrogen) atoms. The van der Waals surface area contributed by atoms with Crippen molar-refractivity contribution in [2.24, 2.45) is 5.41 Å². The molecule has 7 nitrogen and oxygen atoms in total. The molecule has 1 heterocycles. The van der Waals surface area contributed by atoms with E-state index >= 15 is 0 Å². The summed E-state index contributed by atoms with van der Waals surface area (Å²) >= 11 is 1.34. The first-order valence-corrected chi connectivity index (χ1v) is 9.89. The molecule has 0 radical (unpaired) electrons. The van der Waals surface area contributed by atoms with Crippen molar-refractivity contribution in [3.8, 4) is 0 Å². The second-order valence-electron chi connectivity index (χ2n) is 7.75.